The van der Waals surface area contributed by atoms with Crippen LogP contribution in [0, 0.1) is 13.8 Å². The molecule has 2 aromatic heterocycles. The first kappa shape index (κ1) is 16.6. The summed E-state index contributed by atoms with van der Waals surface area (Å²) in [5.74, 6) is 1.51. The van der Waals surface area contributed by atoms with Crippen LogP contribution in [0.2, 0.25) is 0 Å². The van der Waals surface area contributed by atoms with Gasteiger partial charge < -0.3 is 9.84 Å². The van der Waals surface area contributed by atoms with E-state index in [9.17, 15) is 4.79 Å². The van der Waals surface area contributed by atoms with Crippen LogP contribution in [0.4, 0.5) is 5.82 Å². The van der Waals surface area contributed by atoms with Crippen molar-refractivity contribution < 1.29 is 9.32 Å². The Bertz CT molecular complexity index is 984. The molecular formula is C20H22N4O2. The third-order valence-corrected chi connectivity index (χ3v) is 4.93. The molecule has 1 aliphatic rings. The molecule has 1 aliphatic heterocycles. The molecule has 1 atom stereocenters. The van der Waals surface area contributed by atoms with Crippen LogP contribution in [0.5, 0.6) is 0 Å². The third kappa shape index (κ3) is 2.62. The first-order chi connectivity index (χ1) is 12.5. The maximum atomic E-state index is 12.4. The molecule has 6 heteroatoms. The summed E-state index contributed by atoms with van der Waals surface area (Å²) in [5, 5.41) is 11.9. The van der Waals surface area contributed by atoms with E-state index in [0.29, 0.717) is 6.42 Å². The molecule has 0 saturated carbocycles. The second-order valence-electron chi connectivity index (χ2n) is 7.16. The number of rotatable bonds is 3. The van der Waals surface area contributed by atoms with Crippen LogP contribution < -0.4 is 5.32 Å². The lowest BCUT2D eigenvalue weighted by atomic mass is 9.89. The topological polar surface area (TPSA) is 73.0 Å². The molecule has 4 rings (SSSR count). The van der Waals surface area contributed by atoms with E-state index in [-0.39, 0.29) is 17.7 Å². The quantitative estimate of drug-likeness (QED) is 0.773. The maximum Gasteiger partial charge on any atom is 0.226 e. The summed E-state index contributed by atoms with van der Waals surface area (Å²) in [6.45, 7) is 8.15. The predicted octanol–water partition coefficient (Wildman–Crippen LogP) is 4.07. The highest BCUT2D eigenvalue weighted by Gasteiger charge is 2.35. The fraction of sp³-hybridized carbons (Fsp3) is 0.350. The fourth-order valence-electron chi connectivity index (χ4n) is 3.51. The Morgan fingerprint density at radius 2 is 2.04 bits per heavy atom. The van der Waals surface area contributed by atoms with Crippen LogP contribution in [0.1, 0.15) is 60.4 Å². The van der Waals surface area contributed by atoms with Crippen molar-refractivity contribution in [3.63, 3.8) is 0 Å². The summed E-state index contributed by atoms with van der Waals surface area (Å²) < 4.78 is 7.42. The van der Waals surface area contributed by atoms with E-state index in [1.807, 2.05) is 48.9 Å². The Labute approximate surface area is 152 Å². The highest BCUT2D eigenvalue weighted by atomic mass is 16.5. The van der Waals surface area contributed by atoms with Crippen molar-refractivity contribution in [2.45, 2.75) is 46.0 Å². The number of anilines is 1. The first-order valence-corrected chi connectivity index (χ1v) is 8.87. The number of amides is 1. The van der Waals surface area contributed by atoms with Gasteiger partial charge in [0.05, 0.1) is 23.0 Å². The molecule has 1 N–H and O–H groups in total. The van der Waals surface area contributed by atoms with Crippen molar-refractivity contribution in [1.82, 2.24) is 14.9 Å². The van der Waals surface area contributed by atoms with E-state index in [0.717, 1.165) is 39.8 Å². The van der Waals surface area contributed by atoms with Crippen molar-refractivity contribution in [3.05, 3.63) is 58.6 Å². The van der Waals surface area contributed by atoms with Gasteiger partial charge in [-0.2, -0.15) is 5.10 Å². The molecule has 1 aromatic carbocycles. The Morgan fingerprint density at radius 3 is 2.73 bits per heavy atom. The summed E-state index contributed by atoms with van der Waals surface area (Å²) in [6, 6.07) is 9.96. The van der Waals surface area contributed by atoms with Gasteiger partial charge in [0.1, 0.15) is 11.6 Å². The monoisotopic (exact) mass is 350 g/mol. The summed E-state index contributed by atoms with van der Waals surface area (Å²) in [6.07, 6.45) is 0.333. The largest absolute Gasteiger partial charge is 0.360 e. The van der Waals surface area contributed by atoms with Gasteiger partial charge in [-0.25, -0.2) is 4.68 Å². The molecule has 0 unspecified atom stereocenters. The third-order valence-electron chi connectivity index (χ3n) is 4.93. The summed E-state index contributed by atoms with van der Waals surface area (Å²) in [5.41, 5.74) is 4.83. The molecule has 134 valence electrons. The molecule has 3 heterocycles. The number of para-hydroxylation sites is 1. The zero-order valence-electron chi connectivity index (χ0n) is 15.4. The van der Waals surface area contributed by atoms with E-state index in [4.69, 9.17) is 9.62 Å². The molecule has 0 saturated heterocycles. The Morgan fingerprint density at radius 1 is 1.27 bits per heavy atom. The lowest BCUT2D eigenvalue weighted by Gasteiger charge is -2.22. The van der Waals surface area contributed by atoms with Gasteiger partial charge in [-0.05, 0) is 31.4 Å². The molecule has 6 nitrogen and oxygen atoms in total. The number of carbonyl (C=O) groups is 1. The first-order valence-electron chi connectivity index (χ1n) is 8.87. The van der Waals surface area contributed by atoms with E-state index < -0.39 is 0 Å². The van der Waals surface area contributed by atoms with Crippen LogP contribution in [-0.2, 0) is 4.79 Å². The summed E-state index contributed by atoms with van der Waals surface area (Å²) in [4.78, 5) is 12.4. The van der Waals surface area contributed by atoms with Gasteiger partial charge in [-0.1, -0.05) is 37.2 Å². The minimum Gasteiger partial charge on any atom is -0.360 e. The average molecular weight is 350 g/mol. The zero-order valence-corrected chi connectivity index (χ0v) is 15.4. The van der Waals surface area contributed by atoms with Crippen molar-refractivity contribution >= 4 is 11.7 Å². The molecular weight excluding hydrogens is 328 g/mol. The standard InChI is InChI=1S/C20H22N4O2/c1-11(2)15-10-17(26-23-15)14-9-18(25)21-20-19(14)13(4)22-24(20)16-8-6-5-7-12(16)3/h5-8,10-11,14H,9H2,1-4H3,(H,21,25)/t14-/m0/s1. The molecule has 0 bridgehead atoms. The number of benzene rings is 1. The number of aromatic nitrogens is 3. The average Bonchev–Trinajstić information content (AvgIpc) is 3.20. The Hall–Kier alpha value is -2.89. The van der Waals surface area contributed by atoms with Gasteiger partial charge >= 0.3 is 0 Å². The van der Waals surface area contributed by atoms with Crippen LogP contribution in [0.25, 0.3) is 5.69 Å². The number of nitrogens with zero attached hydrogens (tertiary/aromatic N) is 3. The predicted molar refractivity (Wildman–Crippen MR) is 98.7 cm³/mol. The molecule has 1 amide bonds. The van der Waals surface area contributed by atoms with Gasteiger partial charge in [-0.15, -0.1) is 0 Å². The van der Waals surface area contributed by atoms with E-state index in [1.165, 1.54) is 0 Å². The van der Waals surface area contributed by atoms with E-state index in [1.54, 1.807) is 0 Å². The maximum absolute atomic E-state index is 12.4. The van der Waals surface area contributed by atoms with Crippen molar-refractivity contribution in [2.24, 2.45) is 0 Å². The van der Waals surface area contributed by atoms with E-state index >= 15 is 0 Å². The van der Waals surface area contributed by atoms with Gasteiger partial charge in [0.25, 0.3) is 0 Å². The SMILES string of the molecule is Cc1ccccc1-n1nc(C)c2c1NC(=O)C[C@H]2c1cc(C(C)C)no1. The van der Waals surface area contributed by atoms with Crippen LogP contribution in [0.15, 0.2) is 34.9 Å². The van der Waals surface area contributed by atoms with Crippen LogP contribution >= 0.6 is 0 Å². The molecule has 3 aromatic rings. The number of hydrogen-bond acceptors (Lipinski definition) is 4. The highest BCUT2D eigenvalue weighted by Crippen LogP contribution is 2.41. The lowest BCUT2D eigenvalue weighted by Crippen LogP contribution is -2.24. The summed E-state index contributed by atoms with van der Waals surface area (Å²) in [7, 11) is 0. The van der Waals surface area contributed by atoms with E-state index in [2.05, 4.69) is 24.3 Å². The molecule has 26 heavy (non-hydrogen) atoms. The molecule has 0 spiro atoms. The van der Waals surface area contributed by atoms with Crippen molar-refractivity contribution in [1.29, 1.82) is 0 Å². The van der Waals surface area contributed by atoms with Gasteiger partial charge in [0, 0.05) is 18.1 Å². The second kappa shape index (κ2) is 6.12. The number of hydrogen-bond donors (Lipinski definition) is 1. The fourth-order valence-corrected chi connectivity index (χ4v) is 3.51. The Balaban J connectivity index is 1.86. The minimum absolute atomic E-state index is 0.0419. The van der Waals surface area contributed by atoms with Gasteiger partial charge in [0.15, 0.2) is 0 Å². The minimum atomic E-state index is -0.170. The normalized spacial score (nSPS) is 16.7. The number of nitrogens with one attached hydrogen (secondary N) is 1. The number of aryl methyl sites for hydroxylation is 2. The van der Waals surface area contributed by atoms with Gasteiger partial charge in [0.2, 0.25) is 5.91 Å². The lowest BCUT2D eigenvalue weighted by molar-refractivity contribution is -0.116. The zero-order chi connectivity index (χ0) is 18.4. The Kier molecular flexibility index (Phi) is 3.90. The van der Waals surface area contributed by atoms with Crippen molar-refractivity contribution in [2.75, 3.05) is 5.32 Å². The summed E-state index contributed by atoms with van der Waals surface area (Å²) >= 11 is 0. The molecule has 0 aliphatic carbocycles. The van der Waals surface area contributed by atoms with Gasteiger partial charge in [-0.3, -0.25) is 4.79 Å². The van der Waals surface area contributed by atoms with Crippen LogP contribution in [0.3, 0.4) is 0 Å². The second-order valence-corrected chi connectivity index (χ2v) is 7.16. The molecule has 0 radical (unpaired) electrons. The molecule has 0 fully saturated rings. The number of carbonyl (C=O) groups excluding carboxylic acids is 1. The van der Waals surface area contributed by atoms with Crippen molar-refractivity contribution in [3.8, 4) is 5.69 Å². The smallest absolute Gasteiger partial charge is 0.226 e. The highest BCUT2D eigenvalue weighted by molar-refractivity contribution is 5.95. The number of fused-ring (bicyclic) bond motifs is 1. The van der Waals surface area contributed by atoms with Crippen LogP contribution in [-0.4, -0.2) is 20.8 Å².